The van der Waals surface area contributed by atoms with Gasteiger partial charge in [0.05, 0.1) is 18.5 Å². The number of rotatable bonds is 6. The number of aliphatic carboxylic acids is 1. The zero-order valence-electron chi connectivity index (χ0n) is 10.00. The van der Waals surface area contributed by atoms with Crippen LogP contribution in [-0.4, -0.2) is 35.1 Å². The summed E-state index contributed by atoms with van der Waals surface area (Å²) in [4.78, 5) is 22.6. The van der Waals surface area contributed by atoms with E-state index in [0.717, 1.165) is 38.5 Å². The van der Waals surface area contributed by atoms with Crippen molar-refractivity contribution in [1.29, 1.82) is 0 Å². The third kappa shape index (κ3) is 3.70. The second-order valence-electron chi connectivity index (χ2n) is 5.26. The minimum atomic E-state index is -0.831. The Morgan fingerprint density at radius 2 is 1.88 bits per heavy atom. The Hall–Kier alpha value is -1.10. The van der Waals surface area contributed by atoms with Gasteiger partial charge < -0.3 is 15.7 Å². The van der Waals surface area contributed by atoms with Crippen molar-refractivity contribution >= 4 is 11.9 Å². The molecule has 0 spiro atoms. The van der Waals surface area contributed by atoms with Gasteiger partial charge in [0.25, 0.3) is 0 Å². The topological polar surface area (TPSA) is 78.4 Å². The van der Waals surface area contributed by atoms with Crippen molar-refractivity contribution in [3.05, 3.63) is 0 Å². The summed E-state index contributed by atoms with van der Waals surface area (Å²) in [6.45, 7) is 0.312. The number of nitrogens with one attached hydrogen (secondary N) is 2. The molecule has 2 fully saturated rings. The molecule has 0 heterocycles. The fraction of sp³-hybridized carbons (Fsp3) is 0.833. The third-order valence-electron chi connectivity index (χ3n) is 3.58. The van der Waals surface area contributed by atoms with Crippen LogP contribution in [0.5, 0.6) is 0 Å². The first kappa shape index (κ1) is 12.4. The van der Waals surface area contributed by atoms with E-state index in [1.165, 1.54) is 0 Å². The molecule has 17 heavy (non-hydrogen) atoms. The highest BCUT2D eigenvalue weighted by Gasteiger charge is 2.37. The number of carboxylic acid groups (broad SMARTS) is 1. The zero-order chi connectivity index (χ0) is 12.3. The molecule has 2 aliphatic carbocycles. The summed E-state index contributed by atoms with van der Waals surface area (Å²) in [5, 5.41) is 15.0. The summed E-state index contributed by atoms with van der Waals surface area (Å²) in [6.07, 6.45) is 5.92. The number of carbonyl (C=O) groups excluding carboxylic acids is 1. The van der Waals surface area contributed by atoms with E-state index >= 15 is 0 Å². The molecule has 2 aliphatic rings. The quantitative estimate of drug-likeness (QED) is 0.636. The maximum Gasteiger partial charge on any atom is 0.305 e. The lowest BCUT2D eigenvalue weighted by Gasteiger charge is -2.28. The molecule has 0 aromatic rings. The predicted octanol–water partition coefficient (Wildman–Crippen LogP) is 0.642. The number of carboxylic acids is 1. The molecule has 2 saturated carbocycles. The molecular weight excluding hydrogens is 220 g/mol. The molecule has 0 saturated heterocycles. The molecule has 5 nitrogen and oxygen atoms in total. The lowest BCUT2D eigenvalue weighted by atomic mass is 9.93. The van der Waals surface area contributed by atoms with Crippen molar-refractivity contribution in [3.8, 4) is 0 Å². The highest BCUT2D eigenvalue weighted by Crippen LogP contribution is 2.32. The molecule has 96 valence electrons. The molecule has 0 aromatic heterocycles. The van der Waals surface area contributed by atoms with Crippen LogP contribution in [0.25, 0.3) is 0 Å². The molecule has 0 atom stereocenters. The Morgan fingerprint density at radius 1 is 1.24 bits per heavy atom. The van der Waals surface area contributed by atoms with E-state index in [-0.39, 0.29) is 12.3 Å². The predicted molar refractivity (Wildman–Crippen MR) is 62.6 cm³/mol. The number of hydrogen-bond donors (Lipinski definition) is 3. The lowest BCUT2D eigenvalue weighted by molar-refractivity contribution is -0.139. The molecular formula is C12H20N2O3. The summed E-state index contributed by atoms with van der Waals surface area (Å²) in [7, 11) is 0. The number of amides is 1. The molecule has 1 amide bonds. The van der Waals surface area contributed by atoms with Crippen molar-refractivity contribution in [1.82, 2.24) is 10.6 Å². The standard InChI is InChI=1S/C12H20N2O3/c15-10(8-13-9-3-4-9)14-12(7-11(16)17)5-1-2-6-12/h9,13H,1-8H2,(H,14,15)(H,16,17). The summed E-state index contributed by atoms with van der Waals surface area (Å²) in [5.74, 6) is -0.901. The van der Waals surface area contributed by atoms with Gasteiger partial charge in [-0.1, -0.05) is 12.8 Å². The van der Waals surface area contributed by atoms with Gasteiger partial charge in [0.2, 0.25) is 5.91 Å². The largest absolute Gasteiger partial charge is 0.481 e. The fourth-order valence-electron chi connectivity index (χ4n) is 2.55. The first-order valence-corrected chi connectivity index (χ1v) is 6.36. The molecule has 0 unspecified atom stereocenters. The molecule has 0 aliphatic heterocycles. The van der Waals surface area contributed by atoms with Crippen LogP contribution >= 0.6 is 0 Å². The van der Waals surface area contributed by atoms with Crippen LogP contribution in [0.3, 0.4) is 0 Å². The second-order valence-corrected chi connectivity index (χ2v) is 5.26. The highest BCUT2D eigenvalue weighted by molar-refractivity contribution is 5.80. The van der Waals surface area contributed by atoms with E-state index in [0.29, 0.717) is 12.6 Å². The average molecular weight is 240 g/mol. The van der Waals surface area contributed by atoms with E-state index in [9.17, 15) is 9.59 Å². The van der Waals surface area contributed by atoms with Crippen LogP contribution in [0.15, 0.2) is 0 Å². The Labute approximate surface area is 101 Å². The Bertz CT molecular complexity index is 307. The van der Waals surface area contributed by atoms with Crippen molar-refractivity contribution < 1.29 is 14.7 Å². The van der Waals surface area contributed by atoms with Crippen molar-refractivity contribution in [2.75, 3.05) is 6.54 Å². The van der Waals surface area contributed by atoms with E-state index in [4.69, 9.17) is 5.11 Å². The Balaban J connectivity index is 1.82. The minimum absolute atomic E-state index is 0.0438. The normalized spacial score (nSPS) is 22.4. The van der Waals surface area contributed by atoms with Crippen LogP contribution in [-0.2, 0) is 9.59 Å². The summed E-state index contributed by atoms with van der Waals surface area (Å²) >= 11 is 0. The second kappa shape index (κ2) is 5.04. The van der Waals surface area contributed by atoms with Crippen LogP contribution < -0.4 is 10.6 Å². The molecule has 0 bridgehead atoms. The third-order valence-corrected chi connectivity index (χ3v) is 3.58. The summed E-state index contributed by atoms with van der Waals surface area (Å²) < 4.78 is 0. The van der Waals surface area contributed by atoms with Gasteiger partial charge in [-0.2, -0.15) is 0 Å². The van der Waals surface area contributed by atoms with Crippen LogP contribution in [0.2, 0.25) is 0 Å². The zero-order valence-corrected chi connectivity index (χ0v) is 10.00. The highest BCUT2D eigenvalue weighted by atomic mass is 16.4. The molecule has 2 rings (SSSR count). The minimum Gasteiger partial charge on any atom is -0.481 e. The first-order chi connectivity index (χ1) is 8.10. The van der Waals surface area contributed by atoms with E-state index in [1.807, 2.05) is 0 Å². The Kier molecular flexibility index (Phi) is 3.66. The smallest absolute Gasteiger partial charge is 0.305 e. The van der Waals surface area contributed by atoms with Gasteiger partial charge in [-0.3, -0.25) is 9.59 Å². The molecule has 0 aromatic carbocycles. The SMILES string of the molecule is O=C(O)CC1(NC(=O)CNC2CC2)CCCC1. The lowest BCUT2D eigenvalue weighted by Crippen LogP contribution is -2.50. The van der Waals surface area contributed by atoms with Crippen molar-refractivity contribution in [3.63, 3.8) is 0 Å². The van der Waals surface area contributed by atoms with Crippen molar-refractivity contribution in [2.24, 2.45) is 0 Å². The van der Waals surface area contributed by atoms with Crippen molar-refractivity contribution in [2.45, 2.75) is 56.5 Å². The van der Waals surface area contributed by atoms with E-state index < -0.39 is 11.5 Å². The molecule has 5 heteroatoms. The van der Waals surface area contributed by atoms with Gasteiger partial charge in [0.1, 0.15) is 0 Å². The van der Waals surface area contributed by atoms with Gasteiger partial charge in [-0.15, -0.1) is 0 Å². The van der Waals surface area contributed by atoms with Crippen LogP contribution in [0.4, 0.5) is 0 Å². The van der Waals surface area contributed by atoms with Gasteiger partial charge in [0, 0.05) is 6.04 Å². The molecule has 0 radical (unpaired) electrons. The van der Waals surface area contributed by atoms with Gasteiger partial charge in [-0.25, -0.2) is 0 Å². The summed E-state index contributed by atoms with van der Waals surface area (Å²) in [5.41, 5.74) is -0.492. The summed E-state index contributed by atoms with van der Waals surface area (Å²) in [6, 6.07) is 0.500. The maximum atomic E-state index is 11.8. The number of hydrogen-bond acceptors (Lipinski definition) is 3. The monoisotopic (exact) mass is 240 g/mol. The maximum absolute atomic E-state index is 11.8. The van der Waals surface area contributed by atoms with Crippen LogP contribution in [0.1, 0.15) is 44.9 Å². The average Bonchev–Trinajstić information content (AvgIpc) is 2.97. The first-order valence-electron chi connectivity index (χ1n) is 6.36. The number of carbonyl (C=O) groups is 2. The van der Waals surface area contributed by atoms with E-state index in [2.05, 4.69) is 10.6 Å². The molecule has 3 N–H and O–H groups in total. The van der Waals surface area contributed by atoms with Gasteiger partial charge in [0.15, 0.2) is 0 Å². The van der Waals surface area contributed by atoms with Crippen LogP contribution in [0, 0.1) is 0 Å². The Morgan fingerprint density at radius 3 is 2.41 bits per heavy atom. The van der Waals surface area contributed by atoms with Gasteiger partial charge in [-0.05, 0) is 25.7 Å². The fourth-order valence-corrected chi connectivity index (χ4v) is 2.55. The van der Waals surface area contributed by atoms with E-state index in [1.54, 1.807) is 0 Å². The van der Waals surface area contributed by atoms with Gasteiger partial charge >= 0.3 is 5.97 Å².